The van der Waals surface area contributed by atoms with E-state index in [9.17, 15) is 20.4 Å². The molecule has 0 saturated carbocycles. The summed E-state index contributed by atoms with van der Waals surface area (Å²) >= 11 is 0. The van der Waals surface area contributed by atoms with Gasteiger partial charge in [-0.3, -0.25) is 0 Å². The molecule has 1 fully saturated rings. The molecule has 1 aliphatic rings. The Morgan fingerprint density at radius 2 is 1.77 bits per heavy atom. The van der Waals surface area contributed by atoms with Gasteiger partial charge in [-0.1, -0.05) is 6.92 Å². The van der Waals surface area contributed by atoms with Crippen LogP contribution in [0.3, 0.4) is 0 Å². The maximum absolute atomic E-state index is 9.66. The van der Waals surface area contributed by atoms with Crippen molar-refractivity contribution in [3.63, 3.8) is 0 Å². The molecule has 0 amide bonds. The molecule has 0 radical (unpaired) electrons. The molecule has 1 saturated heterocycles. The van der Waals surface area contributed by atoms with Crippen LogP contribution >= 0.6 is 0 Å². The number of rotatable bonds is 1. The van der Waals surface area contributed by atoms with Crippen molar-refractivity contribution in [1.29, 1.82) is 0 Å². The summed E-state index contributed by atoms with van der Waals surface area (Å²) in [5.41, 5.74) is 0. The van der Waals surface area contributed by atoms with Gasteiger partial charge in [-0.05, 0) is 6.92 Å². The number of hydrogen-bond acceptors (Lipinski definition) is 5. The summed E-state index contributed by atoms with van der Waals surface area (Å²) in [6.07, 6.45) is -4.54. The molecular formula is C8H16O5. The van der Waals surface area contributed by atoms with Crippen LogP contribution < -0.4 is 0 Å². The van der Waals surface area contributed by atoms with Gasteiger partial charge in [0.25, 0.3) is 0 Å². The average molecular weight is 192 g/mol. The van der Waals surface area contributed by atoms with Gasteiger partial charge in [0, 0.05) is 6.42 Å². The minimum atomic E-state index is -1.75. The van der Waals surface area contributed by atoms with Crippen LogP contribution in [-0.2, 0) is 4.74 Å². The first-order valence-electron chi connectivity index (χ1n) is 4.36. The van der Waals surface area contributed by atoms with Gasteiger partial charge >= 0.3 is 0 Å². The molecule has 1 rings (SSSR count). The van der Waals surface area contributed by atoms with Gasteiger partial charge in [0.2, 0.25) is 0 Å². The first-order valence-corrected chi connectivity index (χ1v) is 4.36. The maximum Gasteiger partial charge on any atom is 0.194 e. The van der Waals surface area contributed by atoms with E-state index < -0.39 is 30.2 Å². The number of aliphatic hydroxyl groups is 4. The van der Waals surface area contributed by atoms with Gasteiger partial charge < -0.3 is 25.2 Å². The molecule has 5 atom stereocenters. The third-order valence-corrected chi connectivity index (χ3v) is 2.51. The van der Waals surface area contributed by atoms with Crippen LogP contribution in [0.5, 0.6) is 0 Å². The molecule has 0 bridgehead atoms. The van der Waals surface area contributed by atoms with Gasteiger partial charge in [-0.2, -0.15) is 0 Å². The summed E-state index contributed by atoms with van der Waals surface area (Å²) in [7, 11) is 0. The zero-order chi connectivity index (χ0) is 10.2. The zero-order valence-electron chi connectivity index (χ0n) is 7.71. The molecule has 0 unspecified atom stereocenters. The highest BCUT2D eigenvalue weighted by molar-refractivity contribution is 4.93. The number of aliphatic hydroxyl groups excluding tert-OH is 3. The zero-order valence-corrected chi connectivity index (χ0v) is 7.71. The molecule has 1 aliphatic heterocycles. The van der Waals surface area contributed by atoms with E-state index >= 15 is 0 Å². The molecule has 1 heterocycles. The third-order valence-electron chi connectivity index (χ3n) is 2.51. The lowest BCUT2D eigenvalue weighted by atomic mass is 9.92. The fourth-order valence-electron chi connectivity index (χ4n) is 1.49. The minimum Gasteiger partial charge on any atom is -0.388 e. The van der Waals surface area contributed by atoms with Crippen molar-refractivity contribution < 1.29 is 25.2 Å². The van der Waals surface area contributed by atoms with Crippen molar-refractivity contribution in [2.75, 3.05) is 0 Å². The lowest BCUT2D eigenvalue weighted by Gasteiger charge is -2.44. The van der Waals surface area contributed by atoms with Crippen LogP contribution in [0, 0.1) is 0 Å². The first-order chi connectivity index (χ1) is 5.92. The second-order valence-corrected chi connectivity index (χ2v) is 3.45. The molecule has 0 aromatic carbocycles. The molecule has 4 N–H and O–H groups in total. The Labute approximate surface area is 76.6 Å². The van der Waals surface area contributed by atoms with Crippen molar-refractivity contribution in [3.8, 4) is 0 Å². The fourth-order valence-corrected chi connectivity index (χ4v) is 1.49. The normalized spacial score (nSPS) is 52.2. The predicted molar refractivity (Wildman–Crippen MR) is 43.8 cm³/mol. The van der Waals surface area contributed by atoms with Crippen LogP contribution in [0.15, 0.2) is 0 Å². The van der Waals surface area contributed by atoms with E-state index in [0.717, 1.165) is 0 Å². The quantitative estimate of drug-likeness (QED) is 0.409. The van der Waals surface area contributed by atoms with Crippen LogP contribution in [-0.4, -0.2) is 50.6 Å². The Morgan fingerprint density at radius 1 is 1.23 bits per heavy atom. The molecule has 0 aliphatic carbocycles. The number of ether oxygens (including phenoxy) is 1. The predicted octanol–water partition coefficient (Wildman–Crippen LogP) is -1.41. The summed E-state index contributed by atoms with van der Waals surface area (Å²) in [5, 5.41) is 37.7. The Bertz CT molecular complexity index is 185. The third kappa shape index (κ3) is 1.70. The van der Waals surface area contributed by atoms with Crippen LogP contribution in [0.4, 0.5) is 0 Å². The summed E-state index contributed by atoms with van der Waals surface area (Å²) in [5.74, 6) is -1.75. The van der Waals surface area contributed by atoms with E-state index in [0.29, 0.717) is 0 Å². The highest BCUT2D eigenvalue weighted by Gasteiger charge is 2.50. The molecular weight excluding hydrogens is 176 g/mol. The largest absolute Gasteiger partial charge is 0.388 e. The molecule has 0 spiro atoms. The van der Waals surface area contributed by atoms with Crippen LogP contribution in [0.25, 0.3) is 0 Å². The Morgan fingerprint density at radius 3 is 2.23 bits per heavy atom. The van der Waals surface area contributed by atoms with Crippen molar-refractivity contribution in [3.05, 3.63) is 0 Å². The molecule has 78 valence electrons. The molecule has 0 aromatic rings. The molecule has 5 nitrogen and oxygen atoms in total. The van der Waals surface area contributed by atoms with Crippen molar-refractivity contribution >= 4 is 0 Å². The van der Waals surface area contributed by atoms with E-state index in [1.807, 2.05) is 0 Å². The second-order valence-electron chi connectivity index (χ2n) is 3.45. The van der Waals surface area contributed by atoms with E-state index in [1.54, 1.807) is 6.92 Å². The van der Waals surface area contributed by atoms with Crippen molar-refractivity contribution in [2.24, 2.45) is 0 Å². The van der Waals surface area contributed by atoms with Gasteiger partial charge in [-0.15, -0.1) is 0 Å². The summed E-state index contributed by atoms with van der Waals surface area (Å²) in [6.45, 7) is 3.15. The highest BCUT2D eigenvalue weighted by atomic mass is 16.7. The monoisotopic (exact) mass is 192 g/mol. The van der Waals surface area contributed by atoms with E-state index in [4.69, 9.17) is 4.74 Å². The van der Waals surface area contributed by atoms with Gasteiger partial charge in [0.05, 0.1) is 6.10 Å². The topological polar surface area (TPSA) is 90.2 Å². The average Bonchev–Trinajstić information content (AvgIpc) is 2.12. The van der Waals surface area contributed by atoms with Gasteiger partial charge in [-0.25, -0.2) is 0 Å². The van der Waals surface area contributed by atoms with Gasteiger partial charge in [0.15, 0.2) is 5.79 Å². The molecule has 5 heteroatoms. The maximum atomic E-state index is 9.66. The van der Waals surface area contributed by atoms with Crippen LogP contribution in [0.2, 0.25) is 0 Å². The van der Waals surface area contributed by atoms with E-state index in [1.165, 1.54) is 6.92 Å². The summed E-state index contributed by atoms with van der Waals surface area (Å²) < 4.78 is 5.01. The number of hydrogen-bond donors (Lipinski definition) is 4. The summed E-state index contributed by atoms with van der Waals surface area (Å²) in [4.78, 5) is 0. The van der Waals surface area contributed by atoms with Crippen molar-refractivity contribution in [1.82, 2.24) is 0 Å². The second kappa shape index (κ2) is 3.51. The smallest absolute Gasteiger partial charge is 0.194 e. The lowest BCUT2D eigenvalue weighted by molar-refractivity contribution is -0.343. The van der Waals surface area contributed by atoms with E-state index in [2.05, 4.69) is 0 Å². The van der Waals surface area contributed by atoms with Crippen LogP contribution in [0.1, 0.15) is 20.3 Å². The molecule has 13 heavy (non-hydrogen) atoms. The van der Waals surface area contributed by atoms with Crippen molar-refractivity contribution in [2.45, 2.75) is 50.5 Å². The Hall–Kier alpha value is -0.200. The van der Waals surface area contributed by atoms with E-state index in [-0.39, 0.29) is 6.42 Å². The first kappa shape index (κ1) is 10.9. The fraction of sp³-hybridized carbons (Fsp3) is 1.00. The highest BCUT2D eigenvalue weighted by Crippen LogP contribution is 2.29. The minimum absolute atomic E-state index is 0.155. The van der Waals surface area contributed by atoms with Gasteiger partial charge in [0.1, 0.15) is 18.3 Å². The summed E-state index contributed by atoms with van der Waals surface area (Å²) in [6, 6.07) is 0. The lowest BCUT2D eigenvalue weighted by Crippen LogP contribution is -2.63. The Kier molecular flexibility index (Phi) is 2.94. The SMILES string of the molecule is CC[C@]1(O)O[C@H](C)[C@H](O)[C@H](O)[C@H]1O. The standard InChI is InChI=1S/C8H16O5/c1-3-8(12)7(11)6(10)5(9)4(2)13-8/h4-7,9-12H,3H2,1-2H3/t4-,5+,6+,7-,8+/m1/s1. The molecule has 0 aromatic heterocycles. The Balaban J connectivity index is 2.82.